The summed E-state index contributed by atoms with van der Waals surface area (Å²) in [6.45, 7) is 0. The van der Waals surface area contributed by atoms with Crippen LogP contribution in [0.25, 0.3) is 10.8 Å². The molecular weight excluding hydrogens is 248 g/mol. The van der Waals surface area contributed by atoms with Gasteiger partial charge in [-0.3, -0.25) is 0 Å². The average molecular weight is 264 g/mol. The fourth-order valence-corrected chi connectivity index (χ4v) is 2.61. The van der Waals surface area contributed by atoms with Gasteiger partial charge >= 0.3 is 0 Å². The largest absolute Gasteiger partial charge is 0.508 e. The van der Waals surface area contributed by atoms with E-state index in [-0.39, 0.29) is 11.9 Å². The van der Waals surface area contributed by atoms with Gasteiger partial charge in [-0.1, -0.05) is 60.7 Å². The van der Waals surface area contributed by atoms with Crippen LogP contribution < -0.4 is 0 Å². The molecule has 0 saturated heterocycles. The van der Waals surface area contributed by atoms with Crippen LogP contribution in [0.2, 0.25) is 0 Å². The van der Waals surface area contributed by atoms with Gasteiger partial charge in [0.1, 0.15) is 11.9 Å². The van der Waals surface area contributed by atoms with Crippen molar-refractivity contribution < 1.29 is 9.84 Å². The van der Waals surface area contributed by atoms with Crippen LogP contribution in [0.15, 0.2) is 66.7 Å². The third-order valence-electron chi connectivity index (χ3n) is 3.55. The number of ether oxygens (including phenoxy) is 1. The molecule has 0 radical (unpaired) electrons. The molecule has 0 heterocycles. The SMILES string of the molecule is COC(c1ccccc1)c1c(O)ccc2ccccc12. The molecule has 2 heteroatoms. The molecule has 0 aromatic heterocycles. The van der Waals surface area contributed by atoms with E-state index in [0.29, 0.717) is 0 Å². The van der Waals surface area contributed by atoms with Crippen molar-refractivity contribution in [1.29, 1.82) is 0 Å². The summed E-state index contributed by atoms with van der Waals surface area (Å²) >= 11 is 0. The molecule has 3 aromatic rings. The van der Waals surface area contributed by atoms with E-state index >= 15 is 0 Å². The number of hydrogen-bond donors (Lipinski definition) is 1. The Morgan fingerprint density at radius 1 is 0.850 bits per heavy atom. The number of rotatable bonds is 3. The van der Waals surface area contributed by atoms with Crippen LogP contribution in [0.4, 0.5) is 0 Å². The van der Waals surface area contributed by atoms with Crippen LogP contribution >= 0.6 is 0 Å². The zero-order valence-electron chi connectivity index (χ0n) is 11.3. The highest BCUT2D eigenvalue weighted by Crippen LogP contribution is 2.37. The quantitative estimate of drug-likeness (QED) is 0.765. The third-order valence-corrected chi connectivity index (χ3v) is 3.55. The van der Waals surface area contributed by atoms with Crippen LogP contribution in [0.1, 0.15) is 17.2 Å². The first-order valence-electron chi connectivity index (χ1n) is 6.59. The summed E-state index contributed by atoms with van der Waals surface area (Å²) in [4.78, 5) is 0. The van der Waals surface area contributed by atoms with E-state index in [9.17, 15) is 5.11 Å². The van der Waals surface area contributed by atoms with E-state index in [2.05, 4.69) is 0 Å². The van der Waals surface area contributed by atoms with Crippen molar-refractivity contribution in [3.63, 3.8) is 0 Å². The molecule has 0 amide bonds. The van der Waals surface area contributed by atoms with Crippen LogP contribution in [0, 0.1) is 0 Å². The highest BCUT2D eigenvalue weighted by Gasteiger charge is 2.19. The molecule has 2 nitrogen and oxygen atoms in total. The van der Waals surface area contributed by atoms with Crippen molar-refractivity contribution >= 4 is 10.8 Å². The Bertz CT molecular complexity index is 720. The van der Waals surface area contributed by atoms with Gasteiger partial charge in [-0.2, -0.15) is 0 Å². The van der Waals surface area contributed by atoms with E-state index in [0.717, 1.165) is 21.9 Å². The lowest BCUT2D eigenvalue weighted by atomic mass is 9.95. The molecular formula is C18H16O2. The summed E-state index contributed by atoms with van der Waals surface area (Å²) in [5.74, 6) is 0.263. The highest BCUT2D eigenvalue weighted by atomic mass is 16.5. The summed E-state index contributed by atoms with van der Waals surface area (Å²) in [7, 11) is 1.67. The minimum atomic E-state index is -0.276. The van der Waals surface area contributed by atoms with E-state index in [1.807, 2.05) is 60.7 Å². The van der Waals surface area contributed by atoms with Gasteiger partial charge in [0.05, 0.1) is 0 Å². The minimum absolute atomic E-state index is 0.263. The van der Waals surface area contributed by atoms with Gasteiger partial charge in [0, 0.05) is 12.7 Å². The summed E-state index contributed by atoms with van der Waals surface area (Å²) in [5.41, 5.74) is 1.85. The van der Waals surface area contributed by atoms with Crippen LogP contribution in [0.5, 0.6) is 5.75 Å². The smallest absolute Gasteiger partial charge is 0.122 e. The van der Waals surface area contributed by atoms with Crippen molar-refractivity contribution in [2.24, 2.45) is 0 Å². The molecule has 0 aliphatic rings. The molecule has 0 aliphatic heterocycles. The molecule has 1 atom stereocenters. The summed E-state index contributed by atoms with van der Waals surface area (Å²) in [5, 5.41) is 12.4. The third kappa shape index (κ3) is 2.15. The first-order chi connectivity index (χ1) is 9.81. The second-order valence-electron chi connectivity index (χ2n) is 4.75. The standard InChI is InChI=1S/C18H16O2/c1-20-18(14-8-3-2-4-9-14)17-15-10-6-5-7-13(15)11-12-16(17)19/h2-12,18-19H,1H3. The van der Waals surface area contributed by atoms with E-state index < -0.39 is 0 Å². The van der Waals surface area contributed by atoms with Crippen molar-refractivity contribution in [2.75, 3.05) is 7.11 Å². The van der Waals surface area contributed by atoms with Crippen molar-refractivity contribution in [2.45, 2.75) is 6.10 Å². The van der Waals surface area contributed by atoms with Crippen molar-refractivity contribution in [3.05, 3.63) is 77.9 Å². The second-order valence-corrected chi connectivity index (χ2v) is 4.75. The topological polar surface area (TPSA) is 29.5 Å². The normalized spacial score (nSPS) is 12.4. The Morgan fingerprint density at radius 3 is 2.30 bits per heavy atom. The maximum Gasteiger partial charge on any atom is 0.122 e. The predicted molar refractivity (Wildman–Crippen MR) is 80.9 cm³/mol. The highest BCUT2D eigenvalue weighted by molar-refractivity contribution is 5.88. The van der Waals surface area contributed by atoms with Crippen LogP contribution in [-0.2, 0) is 4.74 Å². The molecule has 3 rings (SSSR count). The first kappa shape index (κ1) is 12.7. The fourth-order valence-electron chi connectivity index (χ4n) is 2.61. The van der Waals surface area contributed by atoms with Gasteiger partial charge < -0.3 is 9.84 Å². The fraction of sp³-hybridized carbons (Fsp3) is 0.111. The maximum atomic E-state index is 10.3. The molecule has 1 N–H and O–H groups in total. The molecule has 0 fully saturated rings. The summed E-state index contributed by atoms with van der Waals surface area (Å²) < 4.78 is 5.65. The van der Waals surface area contributed by atoms with E-state index in [1.165, 1.54) is 0 Å². The molecule has 0 saturated carbocycles. The van der Waals surface area contributed by atoms with Gasteiger partial charge in [-0.05, 0) is 22.4 Å². The molecule has 0 spiro atoms. The van der Waals surface area contributed by atoms with Gasteiger partial charge in [-0.25, -0.2) is 0 Å². The van der Waals surface area contributed by atoms with Crippen LogP contribution in [0.3, 0.4) is 0 Å². The van der Waals surface area contributed by atoms with Gasteiger partial charge in [0.25, 0.3) is 0 Å². The van der Waals surface area contributed by atoms with Crippen LogP contribution in [-0.4, -0.2) is 12.2 Å². The lowest BCUT2D eigenvalue weighted by molar-refractivity contribution is 0.135. The Labute approximate surface area is 118 Å². The van der Waals surface area contributed by atoms with Gasteiger partial charge in [-0.15, -0.1) is 0 Å². The molecule has 1 unspecified atom stereocenters. The zero-order chi connectivity index (χ0) is 13.9. The van der Waals surface area contributed by atoms with E-state index in [4.69, 9.17) is 4.74 Å². The maximum absolute atomic E-state index is 10.3. The monoisotopic (exact) mass is 264 g/mol. The molecule has 0 bridgehead atoms. The Balaban J connectivity index is 2.24. The molecule has 20 heavy (non-hydrogen) atoms. The Hall–Kier alpha value is -2.32. The number of fused-ring (bicyclic) bond motifs is 1. The lowest BCUT2D eigenvalue weighted by Crippen LogP contribution is -2.04. The second kappa shape index (κ2) is 5.35. The Morgan fingerprint density at radius 2 is 1.55 bits per heavy atom. The van der Waals surface area contributed by atoms with Gasteiger partial charge in [0.15, 0.2) is 0 Å². The van der Waals surface area contributed by atoms with Crippen molar-refractivity contribution in [1.82, 2.24) is 0 Å². The molecule has 0 aliphatic carbocycles. The average Bonchev–Trinajstić information content (AvgIpc) is 2.51. The number of methoxy groups -OCH3 is 1. The minimum Gasteiger partial charge on any atom is -0.508 e. The summed E-state index contributed by atoms with van der Waals surface area (Å²) in [6, 6.07) is 21.6. The van der Waals surface area contributed by atoms with Gasteiger partial charge in [0.2, 0.25) is 0 Å². The number of phenols is 1. The number of hydrogen-bond acceptors (Lipinski definition) is 2. The lowest BCUT2D eigenvalue weighted by Gasteiger charge is -2.19. The predicted octanol–water partition coefficient (Wildman–Crippen LogP) is 4.28. The summed E-state index contributed by atoms with van der Waals surface area (Å²) in [6.07, 6.45) is -0.276. The number of benzene rings is 3. The molecule has 3 aromatic carbocycles. The first-order valence-corrected chi connectivity index (χ1v) is 6.59. The number of phenolic OH excluding ortho intramolecular Hbond substituents is 1. The molecule has 100 valence electrons. The number of aromatic hydroxyl groups is 1. The zero-order valence-corrected chi connectivity index (χ0v) is 11.3. The Kier molecular flexibility index (Phi) is 3.40. The van der Waals surface area contributed by atoms with E-state index in [1.54, 1.807) is 13.2 Å². The van der Waals surface area contributed by atoms with Crippen molar-refractivity contribution in [3.8, 4) is 5.75 Å².